The zero-order chi connectivity index (χ0) is 21.8. The van der Waals surface area contributed by atoms with E-state index in [9.17, 15) is 0 Å². The fourth-order valence-corrected chi connectivity index (χ4v) is 4.79. The van der Waals surface area contributed by atoms with Gasteiger partial charge in [0.2, 0.25) is 11.6 Å². The number of pyridine rings is 1. The number of likely N-dealkylation sites (N-methyl/N-ethyl adjacent to an activating group) is 2. The van der Waals surface area contributed by atoms with E-state index in [1.165, 1.54) is 27.6 Å². The topological polar surface area (TPSA) is 57.4 Å². The van der Waals surface area contributed by atoms with Crippen LogP contribution in [0.2, 0.25) is 0 Å². The van der Waals surface area contributed by atoms with Crippen molar-refractivity contribution in [1.29, 1.82) is 0 Å². The van der Waals surface area contributed by atoms with Crippen LogP contribution in [0.5, 0.6) is 0 Å². The minimum absolute atomic E-state index is 0.0401. The van der Waals surface area contributed by atoms with Crippen LogP contribution < -0.4 is 5.32 Å². The molecule has 0 saturated carbocycles. The van der Waals surface area contributed by atoms with E-state index in [1.54, 1.807) is 6.20 Å². The molecular weight excluding hydrogens is 398 g/mol. The highest BCUT2D eigenvalue weighted by molar-refractivity contribution is 5.96. The third kappa shape index (κ3) is 2.91. The molecular formula is C26H25N5O. The summed E-state index contributed by atoms with van der Waals surface area (Å²) in [6, 6.07) is 17.0. The van der Waals surface area contributed by atoms with Gasteiger partial charge in [-0.25, -0.2) is 9.97 Å². The number of anilines is 1. The number of nitrogens with zero attached hydrogens (tertiary/aromatic N) is 4. The fourth-order valence-electron chi connectivity index (χ4n) is 4.79. The first kappa shape index (κ1) is 19.1. The van der Waals surface area contributed by atoms with Crippen LogP contribution in [-0.2, 0) is 0 Å². The van der Waals surface area contributed by atoms with Crippen molar-refractivity contribution in [3.63, 3.8) is 0 Å². The molecule has 2 aliphatic heterocycles. The smallest absolute Gasteiger partial charge is 0.247 e. The van der Waals surface area contributed by atoms with E-state index in [4.69, 9.17) is 9.40 Å². The Kier molecular flexibility index (Phi) is 4.30. The molecule has 4 heterocycles. The van der Waals surface area contributed by atoms with Gasteiger partial charge in [0, 0.05) is 36.6 Å². The van der Waals surface area contributed by atoms with Gasteiger partial charge in [-0.2, -0.15) is 0 Å². The van der Waals surface area contributed by atoms with Gasteiger partial charge in [-0.3, -0.25) is 4.90 Å². The van der Waals surface area contributed by atoms with Crippen LogP contribution in [0.25, 0.3) is 22.0 Å². The van der Waals surface area contributed by atoms with Crippen LogP contribution in [0.15, 0.2) is 83.1 Å². The summed E-state index contributed by atoms with van der Waals surface area (Å²) in [6.45, 7) is 2.27. The molecule has 2 aliphatic rings. The molecule has 32 heavy (non-hydrogen) atoms. The van der Waals surface area contributed by atoms with E-state index in [1.807, 2.05) is 19.2 Å². The van der Waals surface area contributed by atoms with E-state index in [0.29, 0.717) is 11.6 Å². The van der Waals surface area contributed by atoms with Crippen LogP contribution in [0.3, 0.4) is 0 Å². The number of benzene rings is 2. The van der Waals surface area contributed by atoms with Gasteiger partial charge in [-0.05, 0) is 54.8 Å². The first-order valence-corrected chi connectivity index (χ1v) is 10.9. The lowest BCUT2D eigenvalue weighted by atomic mass is 9.93. The number of nitrogens with one attached hydrogen (secondary N) is 1. The number of fused-ring (bicyclic) bond motifs is 4. The highest BCUT2D eigenvalue weighted by atomic mass is 16.4. The Hall–Kier alpha value is -3.64. The molecule has 2 aromatic heterocycles. The normalized spacial score (nSPS) is 23.3. The molecule has 160 valence electrons. The Bertz CT molecular complexity index is 1350. The van der Waals surface area contributed by atoms with Crippen LogP contribution in [-0.4, -0.2) is 40.0 Å². The molecule has 0 bridgehead atoms. The molecule has 0 amide bonds. The second-order valence-electron chi connectivity index (χ2n) is 8.61. The molecule has 2 aromatic carbocycles. The highest BCUT2D eigenvalue weighted by Gasteiger charge is 2.33. The van der Waals surface area contributed by atoms with Crippen LogP contribution >= 0.6 is 0 Å². The monoisotopic (exact) mass is 423 g/mol. The minimum Gasteiger partial charge on any atom is -0.420 e. The molecule has 0 fully saturated rings. The van der Waals surface area contributed by atoms with E-state index >= 15 is 0 Å². The number of aromatic nitrogens is 2. The van der Waals surface area contributed by atoms with Gasteiger partial charge in [0.25, 0.3) is 0 Å². The fraction of sp³-hybridized carbons (Fsp3) is 0.231. The summed E-state index contributed by atoms with van der Waals surface area (Å²) in [4.78, 5) is 13.5. The van der Waals surface area contributed by atoms with Gasteiger partial charge in [-0.1, -0.05) is 36.4 Å². The first-order valence-electron chi connectivity index (χ1n) is 10.9. The lowest BCUT2D eigenvalue weighted by molar-refractivity contribution is 0.216. The van der Waals surface area contributed by atoms with Crippen molar-refractivity contribution in [2.75, 3.05) is 19.4 Å². The average molecular weight is 424 g/mol. The maximum atomic E-state index is 6.00. The third-order valence-electron chi connectivity index (χ3n) is 6.75. The highest BCUT2D eigenvalue weighted by Crippen LogP contribution is 2.41. The Morgan fingerprint density at radius 2 is 1.91 bits per heavy atom. The summed E-state index contributed by atoms with van der Waals surface area (Å²) in [6.07, 6.45) is 8.28. The quantitative estimate of drug-likeness (QED) is 0.475. The number of rotatable bonds is 2. The van der Waals surface area contributed by atoms with Gasteiger partial charge in [-0.15, -0.1) is 0 Å². The summed E-state index contributed by atoms with van der Waals surface area (Å²) in [7, 11) is 4.21. The van der Waals surface area contributed by atoms with Crippen LogP contribution in [0.4, 0.5) is 5.69 Å². The molecule has 0 spiro atoms. The lowest BCUT2D eigenvalue weighted by Crippen LogP contribution is -2.45. The number of hydrogen-bond acceptors (Lipinski definition) is 6. The maximum Gasteiger partial charge on any atom is 0.247 e. The largest absolute Gasteiger partial charge is 0.420 e. The van der Waals surface area contributed by atoms with Crippen molar-refractivity contribution in [3.8, 4) is 0 Å². The molecule has 3 atom stereocenters. The Balaban J connectivity index is 1.41. The van der Waals surface area contributed by atoms with E-state index in [-0.39, 0.29) is 18.2 Å². The van der Waals surface area contributed by atoms with Crippen molar-refractivity contribution < 1.29 is 4.42 Å². The third-order valence-corrected chi connectivity index (χ3v) is 6.75. The molecule has 4 aromatic rings. The summed E-state index contributed by atoms with van der Waals surface area (Å²) in [5, 5.41) is 6.34. The summed E-state index contributed by atoms with van der Waals surface area (Å²) in [5.41, 5.74) is 5.08. The lowest BCUT2D eigenvalue weighted by Gasteiger charge is -2.42. The van der Waals surface area contributed by atoms with Crippen molar-refractivity contribution in [2.24, 2.45) is 0 Å². The second kappa shape index (κ2) is 7.21. The van der Waals surface area contributed by atoms with Gasteiger partial charge in [0.05, 0.1) is 0 Å². The van der Waals surface area contributed by atoms with Crippen molar-refractivity contribution >= 4 is 27.7 Å². The second-order valence-corrected chi connectivity index (χ2v) is 8.61. The Morgan fingerprint density at radius 3 is 2.78 bits per heavy atom. The van der Waals surface area contributed by atoms with Crippen molar-refractivity contribution in [1.82, 2.24) is 19.8 Å². The number of oxazole rings is 1. The van der Waals surface area contributed by atoms with E-state index in [0.717, 1.165) is 5.52 Å². The minimum atomic E-state index is -0.0939. The van der Waals surface area contributed by atoms with Gasteiger partial charge >= 0.3 is 0 Å². The van der Waals surface area contributed by atoms with Crippen LogP contribution in [0.1, 0.15) is 30.5 Å². The molecule has 0 saturated heterocycles. The van der Waals surface area contributed by atoms with Crippen LogP contribution in [0, 0.1) is 0 Å². The first-order chi connectivity index (χ1) is 15.6. The van der Waals surface area contributed by atoms with Gasteiger partial charge in [0.1, 0.15) is 17.7 Å². The van der Waals surface area contributed by atoms with E-state index < -0.39 is 0 Å². The van der Waals surface area contributed by atoms with Gasteiger partial charge < -0.3 is 14.6 Å². The van der Waals surface area contributed by atoms with E-state index in [2.05, 4.69) is 88.8 Å². The molecule has 0 aliphatic carbocycles. The summed E-state index contributed by atoms with van der Waals surface area (Å²) >= 11 is 0. The zero-order valence-corrected chi connectivity index (χ0v) is 18.4. The molecule has 0 radical (unpaired) electrons. The SMILES string of the molecule is CC1c2ccc3ccccc3c2NC(C2=CC(c3nc4cccnc4o3)N(C)C=C2)N1C. The molecule has 6 heteroatoms. The molecule has 3 unspecified atom stereocenters. The average Bonchev–Trinajstić information content (AvgIpc) is 3.25. The molecule has 6 rings (SSSR count). The predicted octanol–water partition coefficient (Wildman–Crippen LogP) is 5.25. The van der Waals surface area contributed by atoms with Gasteiger partial charge in [0.15, 0.2) is 0 Å². The summed E-state index contributed by atoms with van der Waals surface area (Å²) < 4.78 is 6.00. The van der Waals surface area contributed by atoms with Crippen molar-refractivity contribution in [2.45, 2.75) is 25.2 Å². The molecule has 1 N–H and O–H groups in total. The Morgan fingerprint density at radius 1 is 1.03 bits per heavy atom. The zero-order valence-electron chi connectivity index (χ0n) is 18.4. The maximum absolute atomic E-state index is 6.00. The molecule has 6 nitrogen and oxygen atoms in total. The standard InChI is InChI=1S/C26H25N5O/c1-16-19-11-10-17-7-4-5-8-20(17)23(19)29-24(31(16)3)18-12-14-30(2)22(15-18)26-28-21-9-6-13-27-25(21)32-26/h4-16,22,24,29H,1-3H3. The number of hydrogen-bond donors (Lipinski definition) is 1. The summed E-state index contributed by atoms with van der Waals surface area (Å²) in [5.74, 6) is 0.653. The Labute approximate surface area is 186 Å². The van der Waals surface area contributed by atoms with Crippen molar-refractivity contribution in [3.05, 3.63) is 90.1 Å². The predicted molar refractivity (Wildman–Crippen MR) is 127 cm³/mol.